The van der Waals surface area contributed by atoms with Gasteiger partial charge < -0.3 is 9.47 Å². The maximum atomic E-state index is 11.6. The summed E-state index contributed by atoms with van der Waals surface area (Å²) < 4.78 is 11.4. The van der Waals surface area contributed by atoms with Crippen LogP contribution in [0.5, 0.6) is 5.75 Å². The number of halogens is 2. The van der Waals surface area contributed by atoms with Gasteiger partial charge in [-0.1, -0.05) is 18.5 Å². The molecule has 0 aliphatic carbocycles. The van der Waals surface area contributed by atoms with Crippen LogP contribution in [0.1, 0.15) is 25.8 Å². The van der Waals surface area contributed by atoms with Crippen LogP contribution in [0, 0.1) is 6.92 Å². The highest BCUT2D eigenvalue weighted by molar-refractivity contribution is 9.10. The summed E-state index contributed by atoms with van der Waals surface area (Å²) >= 11 is 9.41. The fourth-order valence-corrected chi connectivity index (χ4v) is 1.95. The molecule has 0 fully saturated rings. The predicted octanol–water partition coefficient (Wildman–Crippen LogP) is 4.13. The number of rotatable bonds is 5. The zero-order valence-corrected chi connectivity index (χ0v) is 13.0. The smallest absolute Gasteiger partial charge is 0.347 e. The van der Waals surface area contributed by atoms with E-state index in [1.807, 2.05) is 19.9 Å². The minimum absolute atomic E-state index is 0.346. The molecule has 100 valence electrons. The van der Waals surface area contributed by atoms with Gasteiger partial charge in [-0.3, -0.25) is 0 Å². The lowest BCUT2D eigenvalue weighted by Gasteiger charge is -2.17. The number of hydrogen-bond acceptors (Lipinski definition) is 3. The van der Waals surface area contributed by atoms with Crippen molar-refractivity contribution in [1.29, 1.82) is 0 Å². The van der Waals surface area contributed by atoms with E-state index < -0.39 is 6.10 Å². The van der Waals surface area contributed by atoms with Crippen LogP contribution in [0.15, 0.2) is 16.6 Å². The Balaban J connectivity index is 2.85. The largest absolute Gasteiger partial charge is 0.479 e. The Kier molecular flexibility index (Phi) is 5.96. The molecule has 0 N–H and O–H groups in total. The van der Waals surface area contributed by atoms with E-state index in [1.165, 1.54) is 0 Å². The molecule has 1 rings (SSSR count). The minimum Gasteiger partial charge on any atom is -0.479 e. The molecular weight excluding hydrogens is 319 g/mol. The Morgan fingerprint density at radius 3 is 2.61 bits per heavy atom. The molecule has 18 heavy (non-hydrogen) atoms. The molecule has 1 aromatic carbocycles. The zero-order chi connectivity index (χ0) is 13.7. The third kappa shape index (κ3) is 3.89. The molecule has 0 saturated heterocycles. The lowest BCUT2D eigenvalue weighted by Crippen LogP contribution is -2.28. The van der Waals surface area contributed by atoms with E-state index in [2.05, 4.69) is 15.9 Å². The van der Waals surface area contributed by atoms with Crippen LogP contribution in [0.3, 0.4) is 0 Å². The molecule has 0 aliphatic heterocycles. The first-order valence-electron chi connectivity index (χ1n) is 5.78. The number of carbonyl (C=O) groups is 1. The quantitative estimate of drug-likeness (QED) is 0.759. The van der Waals surface area contributed by atoms with Crippen molar-refractivity contribution in [3.8, 4) is 5.75 Å². The maximum absolute atomic E-state index is 11.6. The molecule has 0 amide bonds. The summed E-state index contributed by atoms with van der Waals surface area (Å²) in [5.41, 5.74) is 0.955. The van der Waals surface area contributed by atoms with Gasteiger partial charge in [-0.2, -0.15) is 0 Å². The van der Waals surface area contributed by atoms with Crippen molar-refractivity contribution in [2.45, 2.75) is 33.3 Å². The Hall–Kier alpha value is -0.740. The molecule has 1 atom stereocenters. The van der Waals surface area contributed by atoms with Crippen LogP contribution < -0.4 is 4.74 Å². The van der Waals surface area contributed by atoms with Gasteiger partial charge in [0.2, 0.25) is 0 Å². The van der Waals surface area contributed by atoms with E-state index in [1.54, 1.807) is 13.0 Å². The molecule has 0 aliphatic rings. The summed E-state index contributed by atoms with van der Waals surface area (Å²) in [7, 11) is 0. The molecule has 3 nitrogen and oxygen atoms in total. The average Bonchev–Trinajstić information content (AvgIpc) is 2.33. The van der Waals surface area contributed by atoms with Crippen LogP contribution in [-0.4, -0.2) is 18.7 Å². The number of esters is 1. The van der Waals surface area contributed by atoms with Crippen molar-refractivity contribution in [3.63, 3.8) is 0 Å². The highest BCUT2D eigenvalue weighted by atomic mass is 79.9. The van der Waals surface area contributed by atoms with Gasteiger partial charge in [0.05, 0.1) is 11.6 Å². The van der Waals surface area contributed by atoms with Crippen LogP contribution in [0.2, 0.25) is 5.02 Å². The van der Waals surface area contributed by atoms with E-state index in [0.29, 0.717) is 23.8 Å². The molecule has 1 unspecified atom stereocenters. The first-order chi connectivity index (χ1) is 8.49. The summed E-state index contributed by atoms with van der Waals surface area (Å²) in [6.07, 6.45) is -0.0486. The fraction of sp³-hybridized carbons (Fsp3) is 0.462. The van der Waals surface area contributed by atoms with E-state index in [0.717, 1.165) is 10.0 Å². The first kappa shape index (κ1) is 15.3. The number of benzene rings is 1. The molecule has 1 aromatic rings. The summed E-state index contributed by atoms with van der Waals surface area (Å²) in [4.78, 5) is 11.6. The van der Waals surface area contributed by atoms with E-state index in [9.17, 15) is 4.79 Å². The third-order valence-corrected chi connectivity index (χ3v) is 3.96. The zero-order valence-electron chi connectivity index (χ0n) is 10.6. The molecule has 0 aromatic heterocycles. The van der Waals surface area contributed by atoms with E-state index >= 15 is 0 Å². The number of hydrogen-bond donors (Lipinski definition) is 0. The second-order valence-corrected chi connectivity index (χ2v) is 5.00. The predicted molar refractivity (Wildman–Crippen MR) is 75.2 cm³/mol. The normalized spacial score (nSPS) is 12.1. The van der Waals surface area contributed by atoms with Crippen molar-refractivity contribution in [3.05, 3.63) is 27.2 Å². The topological polar surface area (TPSA) is 35.5 Å². The van der Waals surface area contributed by atoms with E-state index in [-0.39, 0.29) is 5.97 Å². The SMILES string of the molecule is CCOC(=O)C(CC)Oc1cc(C)c(Br)c(Cl)c1. The monoisotopic (exact) mass is 334 g/mol. The average molecular weight is 336 g/mol. The summed E-state index contributed by atoms with van der Waals surface area (Å²) in [6.45, 7) is 5.90. The van der Waals surface area contributed by atoms with Crippen LogP contribution >= 0.6 is 27.5 Å². The van der Waals surface area contributed by atoms with Crippen molar-refractivity contribution < 1.29 is 14.3 Å². The highest BCUT2D eigenvalue weighted by Crippen LogP contribution is 2.31. The van der Waals surface area contributed by atoms with Crippen LogP contribution in [0.25, 0.3) is 0 Å². The molecule has 0 saturated carbocycles. The molecule has 0 spiro atoms. The van der Waals surface area contributed by atoms with Gasteiger partial charge in [0, 0.05) is 4.47 Å². The Morgan fingerprint density at radius 2 is 2.11 bits per heavy atom. The second-order valence-electron chi connectivity index (χ2n) is 3.80. The molecule has 0 heterocycles. The van der Waals surface area contributed by atoms with Crippen molar-refractivity contribution >= 4 is 33.5 Å². The molecule has 5 heteroatoms. The third-order valence-electron chi connectivity index (χ3n) is 2.38. The van der Waals surface area contributed by atoms with Gasteiger partial charge >= 0.3 is 5.97 Å². The Bertz CT molecular complexity index is 411. The van der Waals surface area contributed by atoms with E-state index in [4.69, 9.17) is 21.1 Å². The lowest BCUT2D eigenvalue weighted by molar-refractivity contribution is -0.151. The second kappa shape index (κ2) is 7.00. The number of ether oxygens (including phenoxy) is 2. The molecular formula is C13H16BrClO3. The van der Waals surface area contributed by atoms with Crippen molar-refractivity contribution in [1.82, 2.24) is 0 Å². The van der Waals surface area contributed by atoms with Crippen LogP contribution in [-0.2, 0) is 9.53 Å². The molecule has 0 radical (unpaired) electrons. The Labute approximate surface area is 121 Å². The van der Waals surface area contributed by atoms with Gasteiger partial charge in [-0.15, -0.1) is 0 Å². The standard InChI is InChI=1S/C13H16BrClO3/c1-4-11(13(16)17-5-2)18-9-6-8(3)12(14)10(15)7-9/h6-7,11H,4-5H2,1-3H3. The Morgan fingerprint density at radius 1 is 1.44 bits per heavy atom. The number of carbonyl (C=O) groups excluding carboxylic acids is 1. The van der Waals surface area contributed by atoms with Gasteiger partial charge in [0.1, 0.15) is 5.75 Å². The minimum atomic E-state index is -0.596. The van der Waals surface area contributed by atoms with Gasteiger partial charge in [0.25, 0.3) is 0 Å². The maximum Gasteiger partial charge on any atom is 0.347 e. The molecule has 0 bridgehead atoms. The van der Waals surface area contributed by atoms with Crippen molar-refractivity contribution in [2.75, 3.05) is 6.61 Å². The highest BCUT2D eigenvalue weighted by Gasteiger charge is 2.20. The van der Waals surface area contributed by atoms with Crippen molar-refractivity contribution in [2.24, 2.45) is 0 Å². The van der Waals surface area contributed by atoms with Crippen LogP contribution in [0.4, 0.5) is 0 Å². The van der Waals surface area contributed by atoms with Gasteiger partial charge in [-0.25, -0.2) is 4.79 Å². The first-order valence-corrected chi connectivity index (χ1v) is 6.95. The van der Waals surface area contributed by atoms with Gasteiger partial charge in [-0.05, 0) is 53.9 Å². The summed E-state index contributed by atoms with van der Waals surface area (Å²) in [5.74, 6) is 0.220. The summed E-state index contributed by atoms with van der Waals surface area (Å²) in [5, 5.41) is 0.559. The lowest BCUT2D eigenvalue weighted by atomic mass is 10.2. The number of aryl methyl sites for hydroxylation is 1. The summed E-state index contributed by atoms with van der Waals surface area (Å²) in [6, 6.07) is 3.51. The van der Waals surface area contributed by atoms with Gasteiger partial charge in [0.15, 0.2) is 6.10 Å². The fourth-order valence-electron chi connectivity index (χ4n) is 1.46.